The molecule has 4 heteroatoms. The normalized spacial score (nSPS) is 16.3. The van der Waals surface area contributed by atoms with Crippen molar-refractivity contribution >= 4 is 0 Å². The van der Waals surface area contributed by atoms with Crippen molar-refractivity contribution < 1.29 is 14.2 Å². The van der Waals surface area contributed by atoms with Crippen LogP contribution in [0, 0.1) is 11.7 Å². The molecule has 0 saturated heterocycles. The third kappa shape index (κ3) is 5.57. The standard InChI is InChI=1S/C15H22FNO2/c16-14-5-1-2-6-15(14)19-11-13(18)10-17-9-3-4-12-7-8-12/h1-2,5-6,12-13,17-18H,3-4,7-11H2. The van der Waals surface area contributed by atoms with Crippen LogP contribution < -0.4 is 10.1 Å². The average Bonchev–Trinajstić information content (AvgIpc) is 3.21. The summed E-state index contributed by atoms with van der Waals surface area (Å²) in [6.45, 7) is 1.52. The van der Waals surface area contributed by atoms with Crippen molar-refractivity contribution in [2.24, 2.45) is 5.92 Å². The Hall–Kier alpha value is -1.13. The van der Waals surface area contributed by atoms with Gasteiger partial charge in [0.05, 0.1) is 0 Å². The van der Waals surface area contributed by atoms with Crippen molar-refractivity contribution in [2.45, 2.75) is 31.8 Å². The summed E-state index contributed by atoms with van der Waals surface area (Å²) in [5.74, 6) is 0.749. The third-order valence-electron chi connectivity index (χ3n) is 3.31. The predicted octanol–water partition coefficient (Wildman–Crippen LogP) is 2.35. The molecule has 0 spiro atoms. The Morgan fingerprint density at radius 3 is 2.89 bits per heavy atom. The largest absolute Gasteiger partial charge is 0.488 e. The summed E-state index contributed by atoms with van der Waals surface area (Å²) in [4.78, 5) is 0. The van der Waals surface area contributed by atoms with Crippen LogP contribution in [0.2, 0.25) is 0 Å². The molecule has 0 bridgehead atoms. The van der Waals surface area contributed by atoms with Crippen LogP contribution in [0.4, 0.5) is 4.39 Å². The molecular formula is C15H22FNO2. The van der Waals surface area contributed by atoms with Crippen molar-refractivity contribution in [2.75, 3.05) is 19.7 Å². The molecule has 1 unspecified atom stereocenters. The highest BCUT2D eigenvalue weighted by Crippen LogP contribution is 2.33. The zero-order valence-electron chi connectivity index (χ0n) is 11.1. The van der Waals surface area contributed by atoms with E-state index in [1.165, 1.54) is 25.3 Å². The maximum absolute atomic E-state index is 13.3. The van der Waals surface area contributed by atoms with Gasteiger partial charge in [0, 0.05) is 6.54 Å². The van der Waals surface area contributed by atoms with E-state index in [1.807, 2.05) is 0 Å². The smallest absolute Gasteiger partial charge is 0.165 e. The highest BCUT2D eigenvalue weighted by atomic mass is 19.1. The molecule has 2 rings (SSSR count). The van der Waals surface area contributed by atoms with Gasteiger partial charge in [-0.1, -0.05) is 25.0 Å². The zero-order chi connectivity index (χ0) is 13.5. The topological polar surface area (TPSA) is 41.5 Å². The molecule has 3 nitrogen and oxygen atoms in total. The molecule has 1 aliphatic rings. The van der Waals surface area contributed by atoms with Crippen LogP contribution in [-0.2, 0) is 0 Å². The van der Waals surface area contributed by atoms with Gasteiger partial charge in [0.2, 0.25) is 0 Å². The third-order valence-corrected chi connectivity index (χ3v) is 3.31. The molecule has 1 saturated carbocycles. The van der Waals surface area contributed by atoms with Gasteiger partial charge in [0.25, 0.3) is 0 Å². The lowest BCUT2D eigenvalue weighted by Gasteiger charge is -2.13. The van der Waals surface area contributed by atoms with Gasteiger partial charge in [-0.2, -0.15) is 0 Å². The maximum Gasteiger partial charge on any atom is 0.165 e. The second-order valence-electron chi connectivity index (χ2n) is 5.18. The predicted molar refractivity (Wildman–Crippen MR) is 72.7 cm³/mol. The molecule has 1 atom stereocenters. The minimum absolute atomic E-state index is 0.108. The van der Waals surface area contributed by atoms with Crippen molar-refractivity contribution in [3.8, 4) is 5.75 Å². The SMILES string of the molecule is OC(CNCCCC1CC1)COc1ccccc1F. The van der Waals surface area contributed by atoms with Gasteiger partial charge < -0.3 is 15.2 Å². The fourth-order valence-electron chi connectivity index (χ4n) is 2.00. The minimum Gasteiger partial charge on any atom is -0.488 e. The Morgan fingerprint density at radius 2 is 2.16 bits per heavy atom. The van der Waals surface area contributed by atoms with Crippen LogP contribution in [0.3, 0.4) is 0 Å². The molecule has 0 amide bonds. The number of para-hydroxylation sites is 1. The summed E-state index contributed by atoms with van der Waals surface area (Å²) in [5.41, 5.74) is 0. The van der Waals surface area contributed by atoms with Crippen molar-refractivity contribution in [3.05, 3.63) is 30.1 Å². The summed E-state index contributed by atoms with van der Waals surface area (Å²) in [7, 11) is 0. The van der Waals surface area contributed by atoms with E-state index in [9.17, 15) is 9.50 Å². The van der Waals surface area contributed by atoms with Gasteiger partial charge in [0.15, 0.2) is 11.6 Å². The molecule has 0 heterocycles. The van der Waals surface area contributed by atoms with Crippen LogP contribution in [0.25, 0.3) is 0 Å². The summed E-state index contributed by atoms with van der Waals surface area (Å²) >= 11 is 0. The van der Waals surface area contributed by atoms with E-state index in [1.54, 1.807) is 18.2 Å². The fourth-order valence-corrected chi connectivity index (χ4v) is 2.00. The Morgan fingerprint density at radius 1 is 1.37 bits per heavy atom. The monoisotopic (exact) mass is 267 g/mol. The van der Waals surface area contributed by atoms with E-state index in [0.717, 1.165) is 18.9 Å². The van der Waals surface area contributed by atoms with Crippen molar-refractivity contribution in [1.82, 2.24) is 5.32 Å². The highest BCUT2D eigenvalue weighted by Gasteiger charge is 2.19. The maximum atomic E-state index is 13.3. The van der Waals surface area contributed by atoms with Crippen LogP contribution in [0.5, 0.6) is 5.75 Å². The van der Waals surface area contributed by atoms with Crippen LogP contribution >= 0.6 is 0 Å². The van der Waals surface area contributed by atoms with Crippen molar-refractivity contribution in [3.63, 3.8) is 0 Å². The Bertz CT molecular complexity index is 382. The van der Waals surface area contributed by atoms with E-state index < -0.39 is 11.9 Å². The summed E-state index contributed by atoms with van der Waals surface area (Å²) in [5, 5.41) is 12.9. The molecule has 0 radical (unpaired) electrons. The first kappa shape index (κ1) is 14.3. The van der Waals surface area contributed by atoms with Crippen LogP contribution in [-0.4, -0.2) is 30.9 Å². The zero-order valence-corrected chi connectivity index (χ0v) is 11.1. The molecule has 106 valence electrons. The second kappa shape index (κ2) is 7.46. The molecule has 1 aromatic rings. The Labute approximate surface area is 113 Å². The van der Waals surface area contributed by atoms with Gasteiger partial charge in [0.1, 0.15) is 12.7 Å². The van der Waals surface area contributed by atoms with Gasteiger partial charge in [-0.3, -0.25) is 0 Å². The number of hydrogen-bond acceptors (Lipinski definition) is 3. The molecule has 1 aromatic carbocycles. The highest BCUT2D eigenvalue weighted by molar-refractivity contribution is 5.23. The number of benzene rings is 1. The quantitative estimate of drug-likeness (QED) is 0.675. The van der Waals surface area contributed by atoms with E-state index >= 15 is 0 Å². The van der Waals surface area contributed by atoms with Gasteiger partial charge in [-0.05, 0) is 37.4 Å². The molecule has 0 aliphatic heterocycles. The van der Waals surface area contributed by atoms with Crippen molar-refractivity contribution in [1.29, 1.82) is 0 Å². The summed E-state index contributed by atoms with van der Waals surface area (Å²) < 4.78 is 18.5. The number of rotatable bonds is 9. The lowest BCUT2D eigenvalue weighted by atomic mass is 10.2. The molecule has 1 fully saturated rings. The molecule has 1 aliphatic carbocycles. The van der Waals surface area contributed by atoms with Crippen LogP contribution in [0.1, 0.15) is 25.7 Å². The van der Waals surface area contributed by atoms with E-state index in [0.29, 0.717) is 6.54 Å². The first-order chi connectivity index (χ1) is 9.25. The van der Waals surface area contributed by atoms with E-state index in [2.05, 4.69) is 5.32 Å². The second-order valence-corrected chi connectivity index (χ2v) is 5.18. The number of nitrogens with one attached hydrogen (secondary N) is 1. The molecule has 19 heavy (non-hydrogen) atoms. The molecule has 0 aromatic heterocycles. The first-order valence-corrected chi connectivity index (χ1v) is 7.02. The van der Waals surface area contributed by atoms with Gasteiger partial charge >= 0.3 is 0 Å². The first-order valence-electron chi connectivity index (χ1n) is 7.02. The Balaban J connectivity index is 1.53. The number of aliphatic hydroxyl groups excluding tert-OH is 1. The Kier molecular flexibility index (Phi) is 5.61. The average molecular weight is 267 g/mol. The lowest BCUT2D eigenvalue weighted by Crippen LogP contribution is -2.32. The number of aliphatic hydroxyl groups is 1. The minimum atomic E-state index is -0.611. The lowest BCUT2D eigenvalue weighted by molar-refractivity contribution is 0.104. The van der Waals surface area contributed by atoms with Gasteiger partial charge in [-0.25, -0.2) is 4.39 Å². The number of ether oxygens (including phenoxy) is 1. The molecule has 2 N–H and O–H groups in total. The summed E-state index contributed by atoms with van der Waals surface area (Å²) in [6, 6.07) is 6.23. The molecular weight excluding hydrogens is 245 g/mol. The number of hydrogen-bond donors (Lipinski definition) is 2. The summed E-state index contributed by atoms with van der Waals surface area (Å²) in [6.07, 6.45) is 4.61. The fraction of sp³-hybridized carbons (Fsp3) is 0.600. The number of halogens is 1. The van der Waals surface area contributed by atoms with Crippen LogP contribution in [0.15, 0.2) is 24.3 Å². The van der Waals surface area contributed by atoms with E-state index in [-0.39, 0.29) is 12.4 Å². The van der Waals surface area contributed by atoms with E-state index in [4.69, 9.17) is 4.74 Å². The van der Waals surface area contributed by atoms with Gasteiger partial charge in [-0.15, -0.1) is 0 Å².